The minimum atomic E-state index is -0.148. The van der Waals surface area contributed by atoms with Crippen molar-refractivity contribution in [1.82, 2.24) is 30.2 Å². The number of aromatic amines is 1. The van der Waals surface area contributed by atoms with E-state index in [0.717, 1.165) is 53.2 Å². The average molecular weight is 446 g/mol. The Hall–Kier alpha value is -3.75. The Morgan fingerprint density at radius 2 is 1.91 bits per heavy atom. The number of nitrogens with one attached hydrogen (secondary N) is 3. The van der Waals surface area contributed by atoms with Gasteiger partial charge in [0.15, 0.2) is 0 Å². The molecule has 0 radical (unpaired) electrons. The van der Waals surface area contributed by atoms with Crippen LogP contribution in [0.3, 0.4) is 0 Å². The highest BCUT2D eigenvalue weighted by molar-refractivity contribution is 5.99. The van der Waals surface area contributed by atoms with Crippen LogP contribution in [0, 0.1) is 0 Å². The van der Waals surface area contributed by atoms with E-state index in [4.69, 9.17) is 9.72 Å². The van der Waals surface area contributed by atoms with Gasteiger partial charge in [-0.2, -0.15) is 9.97 Å². The fourth-order valence-electron chi connectivity index (χ4n) is 4.70. The molecule has 0 aliphatic heterocycles. The molecule has 9 heteroatoms. The molecule has 9 nitrogen and oxygen atoms in total. The van der Waals surface area contributed by atoms with Gasteiger partial charge >= 0.3 is 0 Å². The number of hydrogen-bond acceptors (Lipinski definition) is 7. The van der Waals surface area contributed by atoms with E-state index in [-0.39, 0.29) is 17.5 Å². The highest BCUT2D eigenvalue weighted by atomic mass is 16.5. The van der Waals surface area contributed by atoms with E-state index < -0.39 is 0 Å². The van der Waals surface area contributed by atoms with E-state index >= 15 is 0 Å². The number of H-pyrrole nitrogens is 1. The van der Waals surface area contributed by atoms with Crippen molar-refractivity contribution in [2.24, 2.45) is 0 Å². The summed E-state index contributed by atoms with van der Waals surface area (Å²) in [5.74, 6) is 1.06. The van der Waals surface area contributed by atoms with Crippen LogP contribution in [-0.2, 0) is 4.79 Å². The number of hydrogen-bond donors (Lipinski definition) is 3. The zero-order valence-corrected chi connectivity index (χ0v) is 19.0. The van der Waals surface area contributed by atoms with Crippen molar-refractivity contribution in [3.63, 3.8) is 0 Å². The quantitative estimate of drug-likeness (QED) is 0.427. The predicted octanol–water partition coefficient (Wildman–Crippen LogP) is 3.83. The number of rotatable bonds is 5. The molecule has 4 aromatic rings. The Balaban J connectivity index is 1.41. The van der Waals surface area contributed by atoms with Crippen molar-refractivity contribution in [3.8, 4) is 17.0 Å². The largest absolute Gasteiger partial charge is 0.480 e. The Morgan fingerprint density at radius 1 is 1.15 bits per heavy atom. The molecule has 3 heterocycles. The molecule has 0 atom stereocenters. The first-order chi connectivity index (χ1) is 15.9. The number of aromatic nitrogens is 5. The fourth-order valence-corrected chi connectivity index (χ4v) is 4.70. The van der Waals surface area contributed by atoms with Crippen molar-refractivity contribution >= 4 is 33.9 Å². The number of benzene rings is 1. The molecular weight excluding hydrogens is 418 g/mol. The first-order valence-electron chi connectivity index (χ1n) is 11.1. The van der Waals surface area contributed by atoms with Crippen molar-refractivity contribution in [1.29, 1.82) is 0 Å². The minimum absolute atomic E-state index is 0.0171. The third-order valence-corrected chi connectivity index (χ3v) is 6.37. The summed E-state index contributed by atoms with van der Waals surface area (Å²) in [7, 11) is 1.62. The van der Waals surface area contributed by atoms with Crippen LogP contribution in [-0.4, -0.2) is 49.5 Å². The van der Waals surface area contributed by atoms with Crippen LogP contribution in [0.1, 0.15) is 39.5 Å². The number of carbonyl (C=O) groups is 1. The first kappa shape index (κ1) is 21.1. The summed E-state index contributed by atoms with van der Waals surface area (Å²) in [6.45, 7) is 3.68. The maximum absolute atomic E-state index is 11.5. The van der Waals surface area contributed by atoms with Gasteiger partial charge in [0.05, 0.1) is 23.5 Å². The van der Waals surface area contributed by atoms with Gasteiger partial charge in [0.1, 0.15) is 5.65 Å². The van der Waals surface area contributed by atoms with Crippen LogP contribution in [0.15, 0.2) is 36.8 Å². The van der Waals surface area contributed by atoms with Gasteiger partial charge in [-0.1, -0.05) is 6.07 Å². The summed E-state index contributed by atoms with van der Waals surface area (Å²) >= 11 is 0. The van der Waals surface area contributed by atoms with Gasteiger partial charge in [-0.25, -0.2) is 0 Å². The van der Waals surface area contributed by atoms with Gasteiger partial charge in [-0.15, -0.1) is 0 Å². The minimum Gasteiger partial charge on any atom is -0.480 e. The number of anilines is 1. The third kappa shape index (κ3) is 4.18. The van der Waals surface area contributed by atoms with Crippen LogP contribution in [0.5, 0.6) is 5.88 Å². The summed E-state index contributed by atoms with van der Waals surface area (Å²) < 4.78 is 5.66. The molecule has 3 aromatic heterocycles. The third-order valence-electron chi connectivity index (χ3n) is 6.37. The van der Waals surface area contributed by atoms with E-state index in [0.29, 0.717) is 17.5 Å². The SMILES string of the molecule is COc1nc(NC2CCC(C)(NC(C)=O)CC2)nc2[nH]cc(-c3ccc4nccnc4c3)c12. The lowest BCUT2D eigenvalue weighted by atomic mass is 9.81. The number of nitrogens with zero attached hydrogens (tertiary/aromatic N) is 4. The molecule has 5 rings (SSSR count). The van der Waals surface area contributed by atoms with Crippen molar-refractivity contribution in [2.45, 2.75) is 51.1 Å². The molecule has 1 aliphatic rings. The summed E-state index contributed by atoms with van der Waals surface area (Å²) in [5.41, 5.74) is 4.16. The molecule has 1 amide bonds. The Kier molecular flexibility index (Phi) is 5.32. The molecule has 170 valence electrons. The normalized spacial score (nSPS) is 20.6. The van der Waals surface area contributed by atoms with E-state index in [9.17, 15) is 4.79 Å². The van der Waals surface area contributed by atoms with E-state index in [1.54, 1.807) is 26.4 Å². The monoisotopic (exact) mass is 445 g/mol. The van der Waals surface area contributed by atoms with Gasteiger partial charge in [0.25, 0.3) is 0 Å². The van der Waals surface area contributed by atoms with Crippen LogP contribution in [0.2, 0.25) is 0 Å². The molecule has 0 unspecified atom stereocenters. The summed E-state index contributed by atoms with van der Waals surface area (Å²) in [6, 6.07) is 6.21. The molecule has 1 saturated carbocycles. The van der Waals surface area contributed by atoms with Gasteiger partial charge in [0.2, 0.25) is 17.7 Å². The Labute approximate surface area is 191 Å². The Morgan fingerprint density at radius 3 is 2.64 bits per heavy atom. The van der Waals surface area contributed by atoms with Crippen LogP contribution < -0.4 is 15.4 Å². The molecule has 1 fully saturated rings. The van der Waals surface area contributed by atoms with Crippen molar-refractivity contribution in [3.05, 3.63) is 36.8 Å². The molecule has 1 aromatic carbocycles. The predicted molar refractivity (Wildman–Crippen MR) is 127 cm³/mol. The number of carbonyl (C=O) groups excluding carboxylic acids is 1. The lowest BCUT2D eigenvalue weighted by molar-refractivity contribution is -0.121. The summed E-state index contributed by atoms with van der Waals surface area (Å²) in [5, 5.41) is 7.37. The first-order valence-corrected chi connectivity index (χ1v) is 11.1. The molecule has 0 saturated heterocycles. The van der Waals surface area contributed by atoms with E-state index in [1.807, 2.05) is 24.4 Å². The summed E-state index contributed by atoms with van der Waals surface area (Å²) in [4.78, 5) is 32.9. The summed E-state index contributed by atoms with van der Waals surface area (Å²) in [6.07, 6.45) is 8.95. The second kappa shape index (κ2) is 8.31. The standard InChI is InChI=1S/C24H27N7O2/c1-14(32)31-24(2)8-6-16(7-9-24)28-23-29-21-20(22(30-23)33-3)17(13-27-21)15-4-5-18-19(12-15)26-11-10-25-18/h4-5,10-13,16H,6-9H2,1-3H3,(H,31,32)(H2,27,28,29,30). The van der Waals surface area contributed by atoms with Crippen LogP contribution in [0.4, 0.5) is 5.95 Å². The molecule has 0 spiro atoms. The van der Waals surface area contributed by atoms with Crippen LogP contribution in [0.25, 0.3) is 33.2 Å². The number of fused-ring (bicyclic) bond motifs is 2. The average Bonchev–Trinajstić information content (AvgIpc) is 3.23. The molecule has 0 bridgehead atoms. The second-order valence-electron chi connectivity index (χ2n) is 8.90. The van der Waals surface area contributed by atoms with Crippen LogP contribution >= 0.6 is 0 Å². The number of ether oxygens (including phenoxy) is 1. The molecule has 33 heavy (non-hydrogen) atoms. The lowest BCUT2D eigenvalue weighted by Crippen LogP contribution is -2.49. The highest BCUT2D eigenvalue weighted by Crippen LogP contribution is 2.36. The molecular formula is C24H27N7O2. The lowest BCUT2D eigenvalue weighted by Gasteiger charge is -2.38. The van der Waals surface area contributed by atoms with Gasteiger partial charge in [-0.05, 0) is 50.3 Å². The second-order valence-corrected chi connectivity index (χ2v) is 8.90. The van der Waals surface area contributed by atoms with Crippen molar-refractivity contribution in [2.75, 3.05) is 12.4 Å². The topological polar surface area (TPSA) is 118 Å². The molecule has 3 N–H and O–H groups in total. The Bertz CT molecular complexity index is 1330. The smallest absolute Gasteiger partial charge is 0.228 e. The van der Waals surface area contributed by atoms with Gasteiger partial charge in [0, 0.05) is 42.7 Å². The van der Waals surface area contributed by atoms with E-state index in [2.05, 4.69) is 37.5 Å². The van der Waals surface area contributed by atoms with Crippen molar-refractivity contribution < 1.29 is 9.53 Å². The maximum Gasteiger partial charge on any atom is 0.228 e. The zero-order valence-electron chi connectivity index (χ0n) is 19.0. The van der Waals surface area contributed by atoms with Gasteiger partial charge in [-0.3, -0.25) is 14.8 Å². The molecule has 1 aliphatic carbocycles. The highest BCUT2D eigenvalue weighted by Gasteiger charge is 2.32. The fraction of sp³-hybridized carbons (Fsp3) is 0.375. The maximum atomic E-state index is 11.5. The number of methoxy groups -OCH3 is 1. The van der Waals surface area contributed by atoms with Gasteiger partial charge < -0.3 is 20.4 Å². The van der Waals surface area contributed by atoms with E-state index in [1.165, 1.54) is 0 Å². The zero-order chi connectivity index (χ0) is 23.0. The number of amides is 1.